The summed E-state index contributed by atoms with van der Waals surface area (Å²) < 4.78 is 8.86. The van der Waals surface area contributed by atoms with Crippen molar-refractivity contribution in [2.75, 3.05) is 4.90 Å². The van der Waals surface area contributed by atoms with E-state index in [0.717, 1.165) is 77.9 Å². The van der Waals surface area contributed by atoms with Crippen molar-refractivity contribution in [3.63, 3.8) is 0 Å². The molecule has 0 saturated carbocycles. The topological polar surface area (TPSA) is 47.1 Å². The summed E-state index contributed by atoms with van der Waals surface area (Å²) in [6, 6.07) is 68.9. The molecule has 1 aliphatic rings. The fourth-order valence-electron chi connectivity index (χ4n) is 9.73. The maximum Gasteiger partial charge on any atom is 0.180 e. The molecular formula is C55H38N4O. The molecule has 0 amide bonds. The minimum atomic E-state index is -0.224. The standard InChI is InChI=1S/C55H38N4O/c1-55(2)43-27-14-12-24-39(43)40-26-16-30-47(50(40)55)59(38-22-10-5-11-23-38)46-29-17-28-45-49(46)42-34-36(32-33-44(42)58(45)37-20-8-4-9-21-37)54-56-51(35-18-6-3-7-19-35)53-52(57-54)41-25-13-15-31-48(41)60-53/h3-34H,1-2H3. The van der Waals surface area contributed by atoms with Crippen molar-refractivity contribution in [1.82, 2.24) is 14.5 Å². The highest BCUT2D eigenvalue weighted by atomic mass is 16.3. The van der Waals surface area contributed by atoms with E-state index in [1.807, 2.05) is 36.4 Å². The largest absolute Gasteiger partial charge is 0.452 e. The van der Waals surface area contributed by atoms with Crippen LogP contribution in [0.1, 0.15) is 25.0 Å². The number of para-hydroxylation sites is 3. The van der Waals surface area contributed by atoms with Gasteiger partial charge in [0.15, 0.2) is 11.4 Å². The molecule has 0 fully saturated rings. The summed E-state index contributed by atoms with van der Waals surface area (Å²) in [5.74, 6) is 0.646. The minimum absolute atomic E-state index is 0.224. The van der Waals surface area contributed by atoms with Gasteiger partial charge in [-0.2, -0.15) is 0 Å². The molecule has 5 nitrogen and oxygen atoms in total. The highest BCUT2D eigenvalue weighted by molar-refractivity contribution is 6.18. The van der Waals surface area contributed by atoms with Gasteiger partial charge in [0, 0.05) is 44.1 Å². The molecule has 3 heterocycles. The van der Waals surface area contributed by atoms with E-state index in [4.69, 9.17) is 14.4 Å². The normalized spacial score (nSPS) is 13.0. The van der Waals surface area contributed by atoms with E-state index in [1.54, 1.807) is 0 Å². The molecule has 60 heavy (non-hydrogen) atoms. The summed E-state index contributed by atoms with van der Waals surface area (Å²) in [6.45, 7) is 4.73. The number of hydrogen-bond donors (Lipinski definition) is 0. The Bertz CT molecular complexity index is 3460. The first-order valence-electron chi connectivity index (χ1n) is 20.5. The fraction of sp³-hybridized carbons (Fsp3) is 0.0545. The van der Waals surface area contributed by atoms with Gasteiger partial charge in [-0.05, 0) is 95.1 Å². The first kappa shape index (κ1) is 34.3. The molecule has 0 atom stereocenters. The van der Waals surface area contributed by atoms with Crippen LogP contribution in [0.25, 0.3) is 83.3 Å². The van der Waals surface area contributed by atoms with E-state index >= 15 is 0 Å². The molecule has 284 valence electrons. The lowest BCUT2D eigenvalue weighted by atomic mass is 9.81. The van der Waals surface area contributed by atoms with Crippen LogP contribution in [0.2, 0.25) is 0 Å². The van der Waals surface area contributed by atoms with Crippen LogP contribution < -0.4 is 4.90 Å². The number of nitrogens with zero attached hydrogens (tertiary/aromatic N) is 4. The predicted octanol–water partition coefficient (Wildman–Crippen LogP) is 14.6. The van der Waals surface area contributed by atoms with Gasteiger partial charge in [0.1, 0.15) is 16.8 Å². The quantitative estimate of drug-likeness (QED) is 0.169. The fourth-order valence-corrected chi connectivity index (χ4v) is 9.73. The number of anilines is 3. The molecule has 0 bridgehead atoms. The van der Waals surface area contributed by atoms with Gasteiger partial charge in [-0.1, -0.05) is 135 Å². The zero-order valence-corrected chi connectivity index (χ0v) is 33.2. The van der Waals surface area contributed by atoms with Crippen LogP contribution in [0.5, 0.6) is 0 Å². The molecule has 1 aliphatic carbocycles. The van der Waals surface area contributed by atoms with Crippen LogP contribution in [0.3, 0.4) is 0 Å². The SMILES string of the molecule is CC1(C)c2ccccc2-c2cccc(N(c3ccccc3)c3cccc4c3c3cc(-c5nc(-c6ccccc6)c6oc7ccccc7c6n5)ccc3n4-c3ccccc3)c21. The van der Waals surface area contributed by atoms with Gasteiger partial charge < -0.3 is 13.9 Å². The number of benzene rings is 8. The molecule has 0 aliphatic heterocycles. The predicted molar refractivity (Wildman–Crippen MR) is 247 cm³/mol. The van der Waals surface area contributed by atoms with E-state index in [-0.39, 0.29) is 5.41 Å². The van der Waals surface area contributed by atoms with Crippen molar-refractivity contribution in [2.24, 2.45) is 0 Å². The smallest absolute Gasteiger partial charge is 0.180 e. The Morgan fingerprint density at radius 3 is 2.05 bits per heavy atom. The van der Waals surface area contributed by atoms with Crippen LogP contribution in [-0.2, 0) is 5.41 Å². The number of aromatic nitrogens is 3. The lowest BCUT2D eigenvalue weighted by Crippen LogP contribution is -2.20. The maximum atomic E-state index is 6.47. The van der Waals surface area contributed by atoms with Gasteiger partial charge in [-0.3, -0.25) is 0 Å². The second-order valence-electron chi connectivity index (χ2n) is 16.2. The second-order valence-corrected chi connectivity index (χ2v) is 16.2. The Kier molecular flexibility index (Phi) is 7.51. The third kappa shape index (κ3) is 5.05. The summed E-state index contributed by atoms with van der Waals surface area (Å²) in [6.07, 6.45) is 0. The Hall–Kier alpha value is -7.76. The van der Waals surface area contributed by atoms with Crippen LogP contribution in [0, 0.1) is 0 Å². The van der Waals surface area contributed by atoms with Gasteiger partial charge in [-0.15, -0.1) is 0 Å². The Morgan fingerprint density at radius 1 is 0.533 bits per heavy atom. The van der Waals surface area contributed by atoms with E-state index in [9.17, 15) is 0 Å². The molecule has 11 aromatic rings. The summed E-state index contributed by atoms with van der Waals surface area (Å²) >= 11 is 0. The minimum Gasteiger partial charge on any atom is -0.452 e. The zero-order chi connectivity index (χ0) is 40.0. The summed E-state index contributed by atoms with van der Waals surface area (Å²) in [5, 5.41) is 3.22. The molecule has 8 aromatic carbocycles. The van der Waals surface area contributed by atoms with Gasteiger partial charge in [0.2, 0.25) is 0 Å². The first-order chi connectivity index (χ1) is 29.5. The van der Waals surface area contributed by atoms with Crippen LogP contribution in [-0.4, -0.2) is 14.5 Å². The van der Waals surface area contributed by atoms with Gasteiger partial charge in [0.25, 0.3) is 0 Å². The van der Waals surface area contributed by atoms with Crippen molar-refractivity contribution >= 4 is 60.9 Å². The molecule has 3 aromatic heterocycles. The number of furan rings is 1. The average molecular weight is 771 g/mol. The molecule has 0 N–H and O–H groups in total. The average Bonchev–Trinajstić information content (AvgIpc) is 3.93. The molecule has 5 heteroatoms. The van der Waals surface area contributed by atoms with E-state index in [0.29, 0.717) is 11.4 Å². The highest BCUT2D eigenvalue weighted by Gasteiger charge is 2.39. The summed E-state index contributed by atoms with van der Waals surface area (Å²) in [7, 11) is 0. The Labute approximate surface area is 347 Å². The van der Waals surface area contributed by atoms with E-state index < -0.39 is 0 Å². The molecule has 0 radical (unpaired) electrons. The molecule has 0 saturated heterocycles. The first-order valence-corrected chi connectivity index (χ1v) is 20.5. The van der Waals surface area contributed by atoms with E-state index in [1.165, 1.54) is 22.3 Å². The third-order valence-corrected chi connectivity index (χ3v) is 12.4. The van der Waals surface area contributed by atoms with Crippen molar-refractivity contribution in [3.05, 3.63) is 205 Å². The molecular weight excluding hydrogens is 733 g/mol. The Morgan fingerprint density at radius 2 is 1.22 bits per heavy atom. The van der Waals surface area contributed by atoms with Crippen molar-refractivity contribution < 1.29 is 4.42 Å². The van der Waals surface area contributed by atoms with Crippen molar-refractivity contribution in [3.8, 4) is 39.5 Å². The second kappa shape index (κ2) is 13.1. The Balaban J connectivity index is 1.16. The number of rotatable bonds is 6. The summed E-state index contributed by atoms with van der Waals surface area (Å²) in [4.78, 5) is 13.0. The third-order valence-electron chi connectivity index (χ3n) is 12.4. The molecule has 12 rings (SSSR count). The van der Waals surface area contributed by atoms with Crippen molar-refractivity contribution in [2.45, 2.75) is 19.3 Å². The van der Waals surface area contributed by atoms with Gasteiger partial charge in [-0.25, -0.2) is 9.97 Å². The number of hydrogen-bond acceptors (Lipinski definition) is 4. The van der Waals surface area contributed by atoms with Crippen LogP contribution in [0.4, 0.5) is 17.1 Å². The van der Waals surface area contributed by atoms with E-state index in [2.05, 4.69) is 181 Å². The summed E-state index contributed by atoms with van der Waals surface area (Å²) in [5.41, 5.74) is 16.7. The zero-order valence-electron chi connectivity index (χ0n) is 33.2. The monoisotopic (exact) mass is 770 g/mol. The van der Waals surface area contributed by atoms with Gasteiger partial charge >= 0.3 is 0 Å². The van der Waals surface area contributed by atoms with Crippen LogP contribution >= 0.6 is 0 Å². The van der Waals surface area contributed by atoms with Crippen LogP contribution in [0.15, 0.2) is 199 Å². The molecule has 0 spiro atoms. The van der Waals surface area contributed by atoms with Crippen molar-refractivity contribution in [1.29, 1.82) is 0 Å². The number of fused-ring (bicyclic) bond motifs is 9. The van der Waals surface area contributed by atoms with Gasteiger partial charge in [0.05, 0.1) is 22.4 Å². The molecule has 0 unspecified atom stereocenters. The highest BCUT2D eigenvalue weighted by Crippen LogP contribution is 2.55. The lowest BCUT2D eigenvalue weighted by Gasteiger charge is -2.32. The maximum absolute atomic E-state index is 6.47. The lowest BCUT2D eigenvalue weighted by molar-refractivity contribution is 0.661.